The van der Waals surface area contributed by atoms with Crippen molar-refractivity contribution in [1.82, 2.24) is 0 Å². The van der Waals surface area contributed by atoms with Crippen LogP contribution in [0.2, 0.25) is 0 Å². The molecule has 84 valence electrons. The van der Waals surface area contributed by atoms with E-state index in [4.69, 9.17) is 10.00 Å². The Bertz CT molecular complexity index is 590. The molecule has 0 amide bonds. The average molecular weight is 231 g/mol. The van der Waals surface area contributed by atoms with Gasteiger partial charge in [0, 0.05) is 6.07 Å². The van der Waals surface area contributed by atoms with Crippen molar-refractivity contribution in [2.24, 2.45) is 0 Å². The molecule has 2 aromatic rings. The Hall–Kier alpha value is -2.41. The van der Waals surface area contributed by atoms with E-state index in [-0.39, 0.29) is 5.75 Å². The second-order valence-corrected chi connectivity index (χ2v) is 3.32. The first-order chi connectivity index (χ1) is 8.19. The van der Waals surface area contributed by atoms with Crippen LogP contribution < -0.4 is 4.74 Å². The molecule has 0 N–H and O–H groups in total. The van der Waals surface area contributed by atoms with Crippen molar-refractivity contribution in [3.05, 3.63) is 59.7 Å². The lowest BCUT2D eigenvalue weighted by molar-refractivity contribution is 0.437. The van der Waals surface area contributed by atoms with Crippen molar-refractivity contribution in [2.45, 2.75) is 0 Å². The van der Waals surface area contributed by atoms with Crippen molar-refractivity contribution in [3.63, 3.8) is 0 Å². The van der Waals surface area contributed by atoms with Gasteiger partial charge in [-0.3, -0.25) is 0 Å². The zero-order valence-electron chi connectivity index (χ0n) is 8.65. The molecule has 17 heavy (non-hydrogen) atoms. The van der Waals surface area contributed by atoms with E-state index in [1.54, 1.807) is 18.2 Å². The van der Waals surface area contributed by atoms with E-state index in [1.165, 1.54) is 12.1 Å². The lowest BCUT2D eigenvalue weighted by atomic mass is 10.2. The normalized spacial score (nSPS) is 9.71. The van der Waals surface area contributed by atoms with Crippen LogP contribution in [0.5, 0.6) is 11.5 Å². The maximum Gasteiger partial charge on any atom is 0.168 e. The van der Waals surface area contributed by atoms with Gasteiger partial charge in [-0.05, 0) is 30.3 Å². The second-order valence-electron chi connectivity index (χ2n) is 3.32. The third-order valence-electron chi connectivity index (χ3n) is 2.08. The molecule has 0 aliphatic carbocycles. The van der Waals surface area contributed by atoms with Crippen LogP contribution in [0.3, 0.4) is 0 Å². The number of benzene rings is 2. The number of hydrogen-bond acceptors (Lipinski definition) is 2. The largest absolute Gasteiger partial charge is 0.454 e. The summed E-state index contributed by atoms with van der Waals surface area (Å²) in [4.78, 5) is 0. The summed E-state index contributed by atoms with van der Waals surface area (Å²) in [7, 11) is 0. The average Bonchev–Trinajstić information content (AvgIpc) is 2.33. The Labute approximate surface area is 96.7 Å². The monoisotopic (exact) mass is 231 g/mol. The molecule has 0 atom stereocenters. The highest BCUT2D eigenvalue weighted by Crippen LogP contribution is 2.25. The zero-order chi connectivity index (χ0) is 12.3. The summed E-state index contributed by atoms with van der Waals surface area (Å²) in [6.45, 7) is 0. The number of nitrogens with zero attached hydrogens (tertiary/aromatic N) is 1. The molecule has 0 aliphatic rings. The number of ether oxygens (including phenoxy) is 1. The van der Waals surface area contributed by atoms with E-state index < -0.39 is 11.6 Å². The van der Waals surface area contributed by atoms with Crippen molar-refractivity contribution < 1.29 is 13.5 Å². The highest BCUT2D eigenvalue weighted by molar-refractivity contribution is 5.39. The van der Waals surface area contributed by atoms with Gasteiger partial charge >= 0.3 is 0 Å². The predicted molar refractivity (Wildman–Crippen MR) is 57.6 cm³/mol. The molecular weight excluding hydrogens is 224 g/mol. The van der Waals surface area contributed by atoms with E-state index in [2.05, 4.69) is 0 Å². The fourth-order valence-electron chi connectivity index (χ4n) is 1.31. The fourth-order valence-corrected chi connectivity index (χ4v) is 1.31. The number of rotatable bonds is 2. The quantitative estimate of drug-likeness (QED) is 0.790. The maximum absolute atomic E-state index is 13.3. The standard InChI is InChI=1S/C13H7F2NO/c14-10-4-5-13(12(15)7-10)17-11-3-1-2-9(6-11)8-16/h1-7H. The van der Waals surface area contributed by atoms with Crippen LogP contribution >= 0.6 is 0 Å². The van der Waals surface area contributed by atoms with Crippen LogP contribution in [-0.2, 0) is 0 Å². The molecule has 0 unspecified atom stereocenters. The van der Waals surface area contributed by atoms with Crippen molar-refractivity contribution in [2.75, 3.05) is 0 Å². The molecule has 0 spiro atoms. The van der Waals surface area contributed by atoms with Crippen LogP contribution in [0.25, 0.3) is 0 Å². The summed E-state index contributed by atoms with van der Waals surface area (Å²) in [5, 5.41) is 8.69. The van der Waals surface area contributed by atoms with E-state index in [1.807, 2.05) is 6.07 Å². The van der Waals surface area contributed by atoms with E-state index in [0.717, 1.165) is 12.1 Å². The molecule has 0 aromatic heterocycles. The van der Waals surface area contributed by atoms with Gasteiger partial charge in [-0.25, -0.2) is 8.78 Å². The summed E-state index contributed by atoms with van der Waals surface area (Å²) in [5.74, 6) is -1.20. The summed E-state index contributed by atoms with van der Waals surface area (Å²) in [6.07, 6.45) is 0. The molecule has 0 heterocycles. The van der Waals surface area contributed by atoms with Crippen LogP contribution in [0.4, 0.5) is 8.78 Å². The van der Waals surface area contributed by atoms with Gasteiger partial charge in [-0.15, -0.1) is 0 Å². The minimum absolute atomic E-state index is 0.0820. The highest BCUT2D eigenvalue weighted by Gasteiger charge is 2.06. The number of halogens is 2. The fraction of sp³-hybridized carbons (Fsp3) is 0. The summed E-state index contributed by atoms with van der Waals surface area (Å²) >= 11 is 0. The lowest BCUT2D eigenvalue weighted by Crippen LogP contribution is -1.89. The molecule has 2 rings (SSSR count). The first-order valence-corrected chi connectivity index (χ1v) is 4.82. The van der Waals surface area contributed by atoms with E-state index in [0.29, 0.717) is 11.3 Å². The second kappa shape index (κ2) is 4.62. The smallest absolute Gasteiger partial charge is 0.168 e. The van der Waals surface area contributed by atoms with Gasteiger partial charge in [0.1, 0.15) is 11.6 Å². The minimum atomic E-state index is -0.785. The van der Waals surface area contributed by atoms with Crippen molar-refractivity contribution >= 4 is 0 Å². The first kappa shape index (κ1) is 11.1. The first-order valence-electron chi connectivity index (χ1n) is 4.82. The molecule has 0 radical (unpaired) electrons. The SMILES string of the molecule is N#Cc1cccc(Oc2ccc(F)cc2F)c1. The van der Waals surface area contributed by atoms with E-state index in [9.17, 15) is 8.78 Å². The maximum atomic E-state index is 13.3. The van der Waals surface area contributed by atoms with Gasteiger partial charge in [0.25, 0.3) is 0 Å². The Morgan fingerprint density at radius 2 is 1.88 bits per heavy atom. The Morgan fingerprint density at radius 3 is 2.59 bits per heavy atom. The molecule has 0 bridgehead atoms. The summed E-state index contributed by atoms with van der Waals surface area (Å²) in [6, 6.07) is 11.3. The number of hydrogen-bond donors (Lipinski definition) is 0. The van der Waals surface area contributed by atoms with Crippen LogP contribution in [-0.4, -0.2) is 0 Å². The van der Waals surface area contributed by atoms with Gasteiger partial charge in [0.05, 0.1) is 11.6 Å². The molecule has 0 aliphatic heterocycles. The predicted octanol–water partition coefficient (Wildman–Crippen LogP) is 3.63. The molecular formula is C13H7F2NO. The van der Waals surface area contributed by atoms with Crippen LogP contribution in [0.15, 0.2) is 42.5 Å². The van der Waals surface area contributed by atoms with Gasteiger partial charge in [0.2, 0.25) is 0 Å². The van der Waals surface area contributed by atoms with E-state index >= 15 is 0 Å². The minimum Gasteiger partial charge on any atom is -0.454 e. The molecule has 4 heteroatoms. The van der Waals surface area contributed by atoms with Crippen LogP contribution in [0.1, 0.15) is 5.56 Å². The molecule has 0 fully saturated rings. The number of nitriles is 1. The van der Waals surface area contributed by atoms with Gasteiger partial charge < -0.3 is 4.74 Å². The Kier molecular flexibility index (Phi) is 3.01. The molecule has 2 aromatic carbocycles. The lowest BCUT2D eigenvalue weighted by Gasteiger charge is -2.06. The third-order valence-corrected chi connectivity index (χ3v) is 2.08. The van der Waals surface area contributed by atoms with Gasteiger partial charge in [-0.1, -0.05) is 6.07 Å². The Morgan fingerprint density at radius 1 is 1.06 bits per heavy atom. The summed E-state index contributed by atoms with van der Waals surface area (Å²) in [5.41, 5.74) is 0.407. The summed E-state index contributed by atoms with van der Waals surface area (Å²) < 4.78 is 31.2. The van der Waals surface area contributed by atoms with Gasteiger partial charge in [-0.2, -0.15) is 5.26 Å². The van der Waals surface area contributed by atoms with Crippen LogP contribution in [0, 0.1) is 23.0 Å². The van der Waals surface area contributed by atoms with Crippen molar-refractivity contribution in [3.8, 4) is 17.6 Å². The van der Waals surface area contributed by atoms with Crippen molar-refractivity contribution in [1.29, 1.82) is 5.26 Å². The van der Waals surface area contributed by atoms with Gasteiger partial charge in [0.15, 0.2) is 11.6 Å². The Balaban J connectivity index is 2.28. The topological polar surface area (TPSA) is 33.0 Å². The zero-order valence-corrected chi connectivity index (χ0v) is 8.65. The third kappa shape index (κ3) is 2.58. The molecule has 0 saturated carbocycles. The molecule has 2 nitrogen and oxygen atoms in total. The molecule has 0 saturated heterocycles. The highest BCUT2D eigenvalue weighted by atomic mass is 19.1.